The molecule has 0 radical (unpaired) electrons. The third-order valence-corrected chi connectivity index (χ3v) is 5.32. The van der Waals surface area contributed by atoms with Crippen LogP contribution in [0.15, 0.2) is 78.9 Å². The summed E-state index contributed by atoms with van der Waals surface area (Å²) < 4.78 is 4.11. The molecule has 2 aromatic rings. The number of hydrogen-bond acceptors (Lipinski definition) is 1. The van der Waals surface area contributed by atoms with Gasteiger partial charge in [-0.1, -0.05) is 32.9 Å². The number of hydrogen-bond donors (Lipinski definition) is 1. The molecular weight excluding hydrogens is 308 g/mol. The minimum atomic E-state index is -1.08. The molecule has 0 saturated heterocycles. The van der Waals surface area contributed by atoms with Gasteiger partial charge in [-0.25, -0.2) is 0 Å². The molecular formula is C22H28N2O+2. The van der Waals surface area contributed by atoms with Gasteiger partial charge in [-0.15, -0.1) is 0 Å². The van der Waals surface area contributed by atoms with E-state index >= 15 is 0 Å². The highest BCUT2D eigenvalue weighted by Gasteiger charge is 2.59. The maximum Gasteiger partial charge on any atom is 0.226 e. The molecule has 1 aliphatic carbocycles. The van der Waals surface area contributed by atoms with E-state index in [-0.39, 0.29) is 5.41 Å². The van der Waals surface area contributed by atoms with Gasteiger partial charge in [0.05, 0.1) is 0 Å². The lowest BCUT2D eigenvalue weighted by atomic mass is 9.70. The fraction of sp³-hybridized carbons (Fsp3) is 0.364. The molecule has 25 heavy (non-hydrogen) atoms. The molecule has 2 atom stereocenters. The lowest BCUT2D eigenvalue weighted by Crippen LogP contribution is -2.69. The van der Waals surface area contributed by atoms with Crippen molar-refractivity contribution in [3.8, 4) is 0 Å². The smallest absolute Gasteiger partial charge is 0.226 e. The van der Waals surface area contributed by atoms with Crippen molar-refractivity contribution in [2.24, 2.45) is 5.41 Å². The van der Waals surface area contributed by atoms with E-state index in [4.69, 9.17) is 0 Å². The van der Waals surface area contributed by atoms with Crippen LogP contribution in [0, 0.1) is 5.41 Å². The summed E-state index contributed by atoms with van der Waals surface area (Å²) >= 11 is 0. The molecule has 0 spiro atoms. The molecule has 3 heteroatoms. The SMILES string of the molecule is CC(C)(C)C1=CC(C)([n+]2ccccc2)C(C)(O)C([n+]2ccccc2)=C1. The third kappa shape index (κ3) is 2.93. The Kier molecular flexibility index (Phi) is 4.16. The summed E-state index contributed by atoms with van der Waals surface area (Å²) in [6.45, 7) is 10.6. The van der Waals surface area contributed by atoms with Crippen molar-refractivity contribution in [1.82, 2.24) is 0 Å². The molecule has 130 valence electrons. The Morgan fingerprint density at radius 1 is 0.840 bits per heavy atom. The van der Waals surface area contributed by atoms with Gasteiger partial charge in [0.2, 0.25) is 16.8 Å². The number of nitrogens with zero attached hydrogens (tertiary/aromatic N) is 2. The van der Waals surface area contributed by atoms with Gasteiger partial charge in [0.1, 0.15) is 0 Å². The summed E-state index contributed by atoms with van der Waals surface area (Å²) in [7, 11) is 0. The van der Waals surface area contributed by atoms with Crippen molar-refractivity contribution in [2.45, 2.75) is 45.8 Å². The summed E-state index contributed by atoms with van der Waals surface area (Å²) in [5.74, 6) is 0. The minimum Gasteiger partial charge on any atom is -0.373 e. The van der Waals surface area contributed by atoms with E-state index in [1.807, 2.05) is 72.7 Å². The first-order valence-corrected chi connectivity index (χ1v) is 8.77. The van der Waals surface area contributed by atoms with E-state index in [9.17, 15) is 5.11 Å². The summed E-state index contributed by atoms with van der Waals surface area (Å²) in [5.41, 5.74) is 0.376. The highest BCUT2D eigenvalue weighted by molar-refractivity contribution is 5.57. The number of aliphatic hydroxyl groups is 1. The van der Waals surface area contributed by atoms with Crippen molar-refractivity contribution in [3.63, 3.8) is 0 Å². The van der Waals surface area contributed by atoms with Crippen LogP contribution in [0.3, 0.4) is 0 Å². The number of allylic oxidation sites excluding steroid dienone is 2. The van der Waals surface area contributed by atoms with Crippen LogP contribution in [0.4, 0.5) is 0 Å². The van der Waals surface area contributed by atoms with Crippen LogP contribution in [0.25, 0.3) is 5.70 Å². The Hall–Kier alpha value is -2.26. The lowest BCUT2D eigenvalue weighted by molar-refractivity contribution is -0.766. The molecule has 0 amide bonds. The lowest BCUT2D eigenvalue weighted by Gasteiger charge is -2.39. The predicted molar refractivity (Wildman–Crippen MR) is 99.4 cm³/mol. The fourth-order valence-electron chi connectivity index (χ4n) is 3.38. The van der Waals surface area contributed by atoms with Crippen LogP contribution in [0.5, 0.6) is 0 Å². The molecule has 0 aromatic carbocycles. The molecule has 0 aliphatic heterocycles. The molecule has 3 nitrogen and oxygen atoms in total. The molecule has 2 unspecified atom stereocenters. The van der Waals surface area contributed by atoms with E-state index in [2.05, 4.69) is 44.4 Å². The highest BCUT2D eigenvalue weighted by atomic mass is 16.3. The largest absolute Gasteiger partial charge is 0.373 e. The van der Waals surface area contributed by atoms with Crippen molar-refractivity contribution >= 4 is 5.70 Å². The topological polar surface area (TPSA) is 28.0 Å². The molecule has 0 saturated carbocycles. The Morgan fingerprint density at radius 3 is 1.88 bits per heavy atom. The van der Waals surface area contributed by atoms with Gasteiger partial charge in [-0.3, -0.25) is 0 Å². The molecule has 0 bridgehead atoms. The van der Waals surface area contributed by atoms with Crippen LogP contribution >= 0.6 is 0 Å². The standard InChI is InChI=1S/C22H28N2O/c1-20(2,3)18-16-19(23-12-8-6-9-13-23)22(5,25)21(4,17-18)24-14-10-7-11-15-24/h6-17,25H,1-5H3/q+2. The first-order chi connectivity index (χ1) is 11.7. The quantitative estimate of drug-likeness (QED) is 0.838. The van der Waals surface area contributed by atoms with Gasteiger partial charge in [0, 0.05) is 37.3 Å². The second kappa shape index (κ2) is 5.92. The van der Waals surface area contributed by atoms with Crippen LogP contribution in [0.2, 0.25) is 0 Å². The van der Waals surface area contributed by atoms with Crippen molar-refractivity contribution < 1.29 is 14.2 Å². The molecule has 1 aliphatic rings. The monoisotopic (exact) mass is 336 g/mol. The Bertz CT molecular complexity index is 814. The Morgan fingerprint density at radius 2 is 1.36 bits per heavy atom. The van der Waals surface area contributed by atoms with Crippen molar-refractivity contribution in [1.29, 1.82) is 0 Å². The number of aromatic nitrogens is 2. The van der Waals surface area contributed by atoms with Gasteiger partial charge < -0.3 is 5.11 Å². The van der Waals surface area contributed by atoms with Gasteiger partial charge in [0.25, 0.3) is 0 Å². The van der Waals surface area contributed by atoms with E-state index in [0.29, 0.717) is 0 Å². The molecule has 0 fully saturated rings. The van der Waals surface area contributed by atoms with Gasteiger partial charge >= 0.3 is 0 Å². The Labute approximate surface area is 150 Å². The van der Waals surface area contributed by atoms with E-state index in [1.54, 1.807) is 0 Å². The van der Waals surface area contributed by atoms with Crippen LogP contribution < -0.4 is 9.13 Å². The summed E-state index contributed by atoms with van der Waals surface area (Å²) in [5, 5.41) is 11.7. The number of rotatable bonds is 2. The zero-order chi connectivity index (χ0) is 18.3. The summed E-state index contributed by atoms with van der Waals surface area (Å²) in [4.78, 5) is 0. The van der Waals surface area contributed by atoms with Crippen LogP contribution in [-0.4, -0.2) is 10.7 Å². The highest BCUT2D eigenvalue weighted by Crippen LogP contribution is 2.42. The van der Waals surface area contributed by atoms with Crippen molar-refractivity contribution in [2.75, 3.05) is 0 Å². The average Bonchev–Trinajstić information content (AvgIpc) is 2.57. The zero-order valence-corrected chi connectivity index (χ0v) is 15.8. The normalized spacial score (nSPS) is 26.8. The maximum absolute atomic E-state index is 11.7. The zero-order valence-electron chi connectivity index (χ0n) is 15.8. The number of pyridine rings is 2. The fourth-order valence-corrected chi connectivity index (χ4v) is 3.38. The molecule has 3 rings (SSSR count). The second-order valence-corrected chi connectivity index (χ2v) is 8.16. The molecule has 2 aromatic heterocycles. The van der Waals surface area contributed by atoms with Crippen LogP contribution in [0.1, 0.15) is 34.6 Å². The van der Waals surface area contributed by atoms with Gasteiger partial charge in [0.15, 0.2) is 24.8 Å². The Balaban J connectivity index is 2.27. The first-order valence-electron chi connectivity index (χ1n) is 8.77. The van der Waals surface area contributed by atoms with Crippen molar-refractivity contribution in [3.05, 3.63) is 78.9 Å². The second-order valence-electron chi connectivity index (χ2n) is 8.16. The molecule has 2 heterocycles. The summed E-state index contributed by atoms with van der Waals surface area (Å²) in [6.07, 6.45) is 12.4. The van der Waals surface area contributed by atoms with E-state index < -0.39 is 11.1 Å². The predicted octanol–water partition coefficient (Wildman–Crippen LogP) is 3.26. The van der Waals surface area contributed by atoms with Gasteiger partial charge in [-0.05, 0) is 24.0 Å². The minimum absolute atomic E-state index is 0.0201. The van der Waals surface area contributed by atoms with Crippen LogP contribution in [-0.2, 0) is 5.54 Å². The van der Waals surface area contributed by atoms with E-state index in [0.717, 1.165) is 5.70 Å². The maximum atomic E-state index is 11.7. The first kappa shape index (κ1) is 17.6. The third-order valence-electron chi connectivity index (χ3n) is 5.32. The molecule has 1 N–H and O–H groups in total. The van der Waals surface area contributed by atoms with E-state index in [1.165, 1.54) is 5.57 Å². The van der Waals surface area contributed by atoms with Gasteiger partial charge in [-0.2, -0.15) is 9.13 Å². The average molecular weight is 336 g/mol. The summed E-state index contributed by atoms with van der Waals surface area (Å²) in [6, 6.07) is 12.0.